The minimum absolute atomic E-state index is 0.227. The fourth-order valence-electron chi connectivity index (χ4n) is 2.38. The predicted molar refractivity (Wildman–Crippen MR) is 76.5 cm³/mol. The van der Waals surface area contributed by atoms with Gasteiger partial charge >= 0.3 is 0 Å². The van der Waals surface area contributed by atoms with Gasteiger partial charge in [-0.15, -0.1) is 0 Å². The molecule has 1 aromatic heterocycles. The molecule has 0 aliphatic heterocycles. The van der Waals surface area contributed by atoms with E-state index in [2.05, 4.69) is 10.4 Å². The zero-order chi connectivity index (χ0) is 14.7. The lowest BCUT2D eigenvalue weighted by atomic mass is 10.0. The van der Waals surface area contributed by atoms with Crippen molar-refractivity contribution in [2.24, 2.45) is 0 Å². The van der Waals surface area contributed by atoms with Gasteiger partial charge in [0.15, 0.2) is 5.75 Å². The van der Waals surface area contributed by atoms with Gasteiger partial charge in [0.05, 0.1) is 19.3 Å². The van der Waals surface area contributed by atoms with Crippen molar-refractivity contribution in [2.75, 3.05) is 14.2 Å². The van der Waals surface area contributed by atoms with Crippen LogP contribution in [0.2, 0.25) is 0 Å². The van der Waals surface area contributed by atoms with Crippen LogP contribution in [0, 0.1) is 12.7 Å². The van der Waals surface area contributed by atoms with E-state index in [1.165, 1.54) is 0 Å². The number of rotatable bonds is 5. The molecule has 1 atom stereocenters. The molecule has 2 aromatic rings. The number of aryl methyl sites for hydroxylation is 2. The molecule has 2 rings (SSSR count). The standard InChI is InChI=1S/C15H20FN3O/c1-5-19-15(13(20-4)9-18-19)14(17-3)11-7-6-10(2)8-12(11)16/h6-9,14,17H,5H2,1-4H3. The summed E-state index contributed by atoms with van der Waals surface area (Å²) >= 11 is 0. The Hall–Kier alpha value is -1.88. The molecule has 0 amide bonds. The van der Waals surface area contributed by atoms with Crippen LogP contribution in [0.25, 0.3) is 0 Å². The van der Waals surface area contributed by atoms with E-state index >= 15 is 0 Å². The van der Waals surface area contributed by atoms with Crippen molar-refractivity contribution in [1.29, 1.82) is 0 Å². The Labute approximate surface area is 118 Å². The van der Waals surface area contributed by atoms with Crippen LogP contribution in [0.3, 0.4) is 0 Å². The number of hydrogen-bond acceptors (Lipinski definition) is 3. The molecule has 0 saturated heterocycles. The molecular formula is C15H20FN3O. The summed E-state index contributed by atoms with van der Waals surface area (Å²) in [5, 5.41) is 7.43. The Morgan fingerprint density at radius 3 is 2.75 bits per heavy atom. The molecule has 5 heteroatoms. The number of benzene rings is 1. The van der Waals surface area contributed by atoms with E-state index in [0.717, 1.165) is 11.3 Å². The third-order valence-corrected chi connectivity index (χ3v) is 3.39. The average Bonchev–Trinajstić information content (AvgIpc) is 2.85. The van der Waals surface area contributed by atoms with Gasteiger partial charge in [0.2, 0.25) is 0 Å². The molecule has 0 aliphatic carbocycles. The Kier molecular flexibility index (Phi) is 4.39. The molecule has 0 radical (unpaired) electrons. The monoisotopic (exact) mass is 277 g/mol. The van der Waals surface area contributed by atoms with E-state index in [0.29, 0.717) is 17.9 Å². The van der Waals surface area contributed by atoms with Gasteiger partial charge in [-0.3, -0.25) is 4.68 Å². The van der Waals surface area contributed by atoms with Crippen LogP contribution in [0.1, 0.15) is 29.8 Å². The van der Waals surface area contributed by atoms with E-state index in [4.69, 9.17) is 4.74 Å². The molecule has 0 bridgehead atoms. The van der Waals surface area contributed by atoms with Gasteiger partial charge in [0.25, 0.3) is 0 Å². The highest BCUT2D eigenvalue weighted by molar-refractivity contribution is 5.38. The third kappa shape index (κ3) is 2.54. The second-order valence-electron chi connectivity index (χ2n) is 4.66. The molecule has 1 heterocycles. The first-order valence-corrected chi connectivity index (χ1v) is 6.65. The van der Waals surface area contributed by atoms with Crippen molar-refractivity contribution in [3.8, 4) is 5.75 Å². The first kappa shape index (κ1) is 14.5. The summed E-state index contributed by atoms with van der Waals surface area (Å²) in [6.45, 7) is 4.57. The fourth-order valence-corrected chi connectivity index (χ4v) is 2.38. The first-order valence-electron chi connectivity index (χ1n) is 6.65. The van der Waals surface area contributed by atoms with Gasteiger partial charge < -0.3 is 10.1 Å². The van der Waals surface area contributed by atoms with Crippen LogP contribution in [0.5, 0.6) is 5.75 Å². The lowest BCUT2D eigenvalue weighted by Gasteiger charge is -2.20. The van der Waals surface area contributed by atoms with Crippen LogP contribution in [-0.4, -0.2) is 23.9 Å². The fraction of sp³-hybridized carbons (Fsp3) is 0.400. The Morgan fingerprint density at radius 2 is 2.20 bits per heavy atom. The quantitative estimate of drug-likeness (QED) is 0.913. The maximum absolute atomic E-state index is 14.2. The highest BCUT2D eigenvalue weighted by atomic mass is 19.1. The van der Waals surface area contributed by atoms with Gasteiger partial charge in [-0.2, -0.15) is 5.10 Å². The Balaban J connectivity index is 2.54. The summed E-state index contributed by atoms with van der Waals surface area (Å²) in [6.07, 6.45) is 1.66. The summed E-state index contributed by atoms with van der Waals surface area (Å²) < 4.78 is 21.4. The lowest BCUT2D eigenvalue weighted by molar-refractivity contribution is 0.400. The van der Waals surface area contributed by atoms with Crippen LogP contribution >= 0.6 is 0 Å². The van der Waals surface area contributed by atoms with Crippen LogP contribution in [-0.2, 0) is 6.54 Å². The molecule has 4 nitrogen and oxygen atoms in total. The maximum atomic E-state index is 14.2. The largest absolute Gasteiger partial charge is 0.493 e. The smallest absolute Gasteiger partial charge is 0.161 e. The number of halogens is 1. The molecule has 1 aromatic carbocycles. The topological polar surface area (TPSA) is 39.1 Å². The second kappa shape index (κ2) is 6.05. The first-order chi connectivity index (χ1) is 9.62. The van der Waals surface area contributed by atoms with Crippen molar-refractivity contribution < 1.29 is 9.13 Å². The molecule has 20 heavy (non-hydrogen) atoms. The van der Waals surface area contributed by atoms with Gasteiger partial charge in [0, 0.05) is 12.1 Å². The molecule has 0 aliphatic rings. The summed E-state index contributed by atoms with van der Waals surface area (Å²) in [5.41, 5.74) is 2.32. The van der Waals surface area contributed by atoms with E-state index in [1.807, 2.05) is 24.6 Å². The van der Waals surface area contributed by atoms with Gasteiger partial charge in [0.1, 0.15) is 11.5 Å². The molecule has 0 spiro atoms. The highest BCUT2D eigenvalue weighted by Gasteiger charge is 2.24. The number of nitrogens with zero attached hydrogens (tertiary/aromatic N) is 2. The summed E-state index contributed by atoms with van der Waals surface area (Å²) in [7, 11) is 3.40. The molecule has 108 valence electrons. The highest BCUT2D eigenvalue weighted by Crippen LogP contribution is 2.31. The number of hydrogen-bond donors (Lipinski definition) is 1. The van der Waals surface area contributed by atoms with E-state index < -0.39 is 0 Å². The average molecular weight is 277 g/mol. The third-order valence-electron chi connectivity index (χ3n) is 3.39. The van der Waals surface area contributed by atoms with Crippen molar-refractivity contribution in [3.63, 3.8) is 0 Å². The molecule has 1 N–H and O–H groups in total. The van der Waals surface area contributed by atoms with Crippen molar-refractivity contribution in [2.45, 2.75) is 26.4 Å². The number of aromatic nitrogens is 2. The van der Waals surface area contributed by atoms with Gasteiger partial charge in [-0.05, 0) is 32.5 Å². The van der Waals surface area contributed by atoms with Crippen LogP contribution < -0.4 is 10.1 Å². The maximum Gasteiger partial charge on any atom is 0.161 e. The van der Waals surface area contributed by atoms with Crippen LogP contribution in [0.4, 0.5) is 4.39 Å². The van der Waals surface area contributed by atoms with Crippen molar-refractivity contribution in [1.82, 2.24) is 15.1 Å². The van der Waals surface area contributed by atoms with Crippen molar-refractivity contribution in [3.05, 3.63) is 47.0 Å². The predicted octanol–water partition coefficient (Wildman–Crippen LogP) is 2.67. The van der Waals surface area contributed by atoms with E-state index in [1.54, 1.807) is 32.5 Å². The SMILES string of the molecule is CCn1ncc(OC)c1C(NC)c1ccc(C)cc1F. The molecule has 1 unspecified atom stereocenters. The van der Waals surface area contributed by atoms with Crippen LogP contribution in [0.15, 0.2) is 24.4 Å². The Morgan fingerprint density at radius 1 is 1.45 bits per heavy atom. The summed E-state index contributed by atoms with van der Waals surface area (Å²) in [4.78, 5) is 0. The molecular weight excluding hydrogens is 257 g/mol. The minimum atomic E-state index is -0.298. The zero-order valence-corrected chi connectivity index (χ0v) is 12.3. The van der Waals surface area contributed by atoms with Gasteiger partial charge in [-0.25, -0.2) is 4.39 Å². The van der Waals surface area contributed by atoms with Gasteiger partial charge in [-0.1, -0.05) is 12.1 Å². The van der Waals surface area contributed by atoms with E-state index in [9.17, 15) is 4.39 Å². The number of nitrogens with one attached hydrogen (secondary N) is 1. The second-order valence-corrected chi connectivity index (χ2v) is 4.66. The Bertz CT molecular complexity index is 573. The normalized spacial score (nSPS) is 12.4. The van der Waals surface area contributed by atoms with E-state index in [-0.39, 0.29) is 11.9 Å². The zero-order valence-electron chi connectivity index (χ0n) is 12.3. The summed E-state index contributed by atoms with van der Waals surface area (Å²) in [5.74, 6) is 0.432. The molecule has 0 saturated carbocycles. The van der Waals surface area contributed by atoms with Crippen molar-refractivity contribution >= 4 is 0 Å². The number of methoxy groups -OCH3 is 1. The summed E-state index contributed by atoms with van der Waals surface area (Å²) in [6, 6.07) is 4.95. The lowest BCUT2D eigenvalue weighted by Crippen LogP contribution is -2.23. The minimum Gasteiger partial charge on any atom is -0.493 e. The number of ether oxygens (including phenoxy) is 1. The molecule has 0 fully saturated rings.